The lowest BCUT2D eigenvalue weighted by atomic mass is 10.2. The van der Waals surface area contributed by atoms with Gasteiger partial charge in [-0.2, -0.15) is 18.4 Å². The van der Waals surface area contributed by atoms with Gasteiger partial charge in [0.15, 0.2) is 6.61 Å². The number of carbonyl (C=O) groups is 1. The van der Waals surface area contributed by atoms with E-state index in [2.05, 4.69) is 11.3 Å². The number of nitrogens with zero attached hydrogens (tertiary/aromatic N) is 2. The summed E-state index contributed by atoms with van der Waals surface area (Å²) in [5, 5.41) is 8.23. The van der Waals surface area contributed by atoms with E-state index in [1.54, 1.807) is 6.07 Å². The predicted octanol–water partition coefficient (Wildman–Crippen LogP) is 4.42. The van der Waals surface area contributed by atoms with Crippen LogP contribution in [0.1, 0.15) is 15.9 Å². The Kier molecular flexibility index (Phi) is 7.12. The van der Waals surface area contributed by atoms with Crippen LogP contribution in [0.3, 0.4) is 0 Å². The zero-order valence-corrected chi connectivity index (χ0v) is 16.8. The fourth-order valence-electron chi connectivity index (χ4n) is 2.42. The van der Waals surface area contributed by atoms with Crippen LogP contribution in [0.2, 0.25) is 5.02 Å². The molecule has 0 N–H and O–H groups in total. The molecule has 0 spiro atoms. The topological polar surface area (TPSA) is 87.5 Å². The maximum Gasteiger partial charge on any atom is 0.416 e. The SMILES string of the molecule is C=CCN(c1cccc(C(F)(F)F)c1)S(=O)(=O)c1cc(C(=O)OCC#N)ccc1Cl. The van der Waals surface area contributed by atoms with Crippen molar-refractivity contribution in [1.82, 2.24) is 0 Å². The first kappa shape index (κ1) is 23.3. The molecule has 2 aromatic carbocycles. The molecule has 0 heterocycles. The molecule has 6 nitrogen and oxygen atoms in total. The molecular formula is C19H14ClF3N2O4S. The number of carbonyl (C=O) groups excluding carboxylic acids is 1. The number of alkyl halides is 3. The second-order valence-corrected chi connectivity index (χ2v) is 7.99. The molecule has 30 heavy (non-hydrogen) atoms. The van der Waals surface area contributed by atoms with Crippen LogP contribution in [0.5, 0.6) is 0 Å². The molecule has 11 heteroatoms. The quantitative estimate of drug-likeness (QED) is 0.452. The van der Waals surface area contributed by atoms with Crippen molar-refractivity contribution in [3.63, 3.8) is 0 Å². The number of anilines is 1. The second-order valence-electron chi connectivity index (χ2n) is 5.75. The van der Waals surface area contributed by atoms with Gasteiger partial charge in [0.25, 0.3) is 10.0 Å². The molecule has 0 amide bonds. The Labute approximate surface area is 175 Å². The third-order valence-electron chi connectivity index (χ3n) is 3.76. The lowest BCUT2D eigenvalue weighted by Gasteiger charge is -2.24. The Bertz CT molecular complexity index is 1110. The van der Waals surface area contributed by atoms with Gasteiger partial charge in [0.1, 0.15) is 11.0 Å². The average Bonchev–Trinajstić information content (AvgIpc) is 2.69. The van der Waals surface area contributed by atoms with Crippen molar-refractivity contribution >= 4 is 33.3 Å². The monoisotopic (exact) mass is 458 g/mol. The van der Waals surface area contributed by atoms with E-state index in [0.29, 0.717) is 10.4 Å². The Morgan fingerprint density at radius 1 is 1.27 bits per heavy atom. The Balaban J connectivity index is 2.58. The van der Waals surface area contributed by atoms with Gasteiger partial charge < -0.3 is 4.74 Å². The van der Waals surface area contributed by atoms with E-state index in [0.717, 1.165) is 24.3 Å². The van der Waals surface area contributed by atoms with E-state index in [4.69, 9.17) is 16.9 Å². The first-order chi connectivity index (χ1) is 14.0. The van der Waals surface area contributed by atoms with Crippen molar-refractivity contribution in [3.8, 4) is 6.07 Å². The number of nitriles is 1. The summed E-state index contributed by atoms with van der Waals surface area (Å²) in [5.41, 5.74) is -1.50. The number of ether oxygens (including phenoxy) is 1. The summed E-state index contributed by atoms with van der Waals surface area (Å²) in [4.78, 5) is 11.4. The van der Waals surface area contributed by atoms with Crippen LogP contribution in [0.25, 0.3) is 0 Å². The first-order valence-corrected chi connectivity index (χ1v) is 9.98. The van der Waals surface area contributed by atoms with Gasteiger partial charge in [-0.15, -0.1) is 6.58 Å². The van der Waals surface area contributed by atoms with Crippen LogP contribution in [-0.2, 0) is 20.9 Å². The minimum Gasteiger partial charge on any atom is -0.447 e. The van der Waals surface area contributed by atoms with Gasteiger partial charge in [0, 0.05) is 0 Å². The van der Waals surface area contributed by atoms with Crippen LogP contribution in [0.15, 0.2) is 60.0 Å². The highest BCUT2D eigenvalue weighted by Gasteiger charge is 2.33. The summed E-state index contributed by atoms with van der Waals surface area (Å²) < 4.78 is 70.9. The number of esters is 1. The van der Waals surface area contributed by atoms with Crippen molar-refractivity contribution in [2.75, 3.05) is 17.5 Å². The van der Waals surface area contributed by atoms with Gasteiger partial charge in [0.2, 0.25) is 0 Å². The second kappa shape index (κ2) is 9.19. The van der Waals surface area contributed by atoms with E-state index in [1.807, 2.05) is 0 Å². The first-order valence-electron chi connectivity index (χ1n) is 8.17. The summed E-state index contributed by atoms with van der Waals surface area (Å²) >= 11 is 6.01. The Morgan fingerprint density at radius 2 is 1.97 bits per heavy atom. The maximum atomic E-state index is 13.2. The van der Waals surface area contributed by atoms with Crippen molar-refractivity contribution in [3.05, 3.63) is 71.3 Å². The Morgan fingerprint density at radius 3 is 2.57 bits per heavy atom. The van der Waals surface area contributed by atoms with Crippen molar-refractivity contribution in [2.24, 2.45) is 0 Å². The lowest BCUT2D eigenvalue weighted by molar-refractivity contribution is -0.137. The normalized spacial score (nSPS) is 11.4. The summed E-state index contributed by atoms with van der Waals surface area (Å²) in [6, 6.07) is 8.61. The van der Waals surface area contributed by atoms with Gasteiger partial charge in [-0.3, -0.25) is 4.31 Å². The summed E-state index contributed by atoms with van der Waals surface area (Å²) in [6.45, 7) is 2.54. The highest BCUT2D eigenvalue weighted by atomic mass is 35.5. The highest BCUT2D eigenvalue weighted by molar-refractivity contribution is 7.93. The molecule has 0 saturated heterocycles. The predicted molar refractivity (Wildman–Crippen MR) is 104 cm³/mol. The maximum absolute atomic E-state index is 13.2. The summed E-state index contributed by atoms with van der Waals surface area (Å²) in [6.07, 6.45) is -3.49. The molecule has 0 aliphatic rings. The fraction of sp³-hybridized carbons (Fsp3) is 0.158. The highest BCUT2D eigenvalue weighted by Crippen LogP contribution is 2.34. The molecule has 158 valence electrons. The molecule has 0 saturated carbocycles. The lowest BCUT2D eigenvalue weighted by Crippen LogP contribution is -2.31. The van der Waals surface area contributed by atoms with Crippen LogP contribution in [0.4, 0.5) is 18.9 Å². The minimum atomic E-state index is -4.68. The number of halogens is 4. The molecule has 2 aromatic rings. The zero-order valence-electron chi connectivity index (χ0n) is 15.2. The standard InChI is InChI=1S/C19H14ClF3N2O4S/c1-2-9-25(15-5-3-4-14(12-15)19(21,22)23)30(27,28)17-11-13(6-7-16(17)20)18(26)29-10-8-24/h2-7,11-12H,1,9-10H2. The number of hydrogen-bond acceptors (Lipinski definition) is 5. The third kappa shape index (κ3) is 5.11. The largest absolute Gasteiger partial charge is 0.447 e. The Hall–Kier alpha value is -3.03. The van der Waals surface area contributed by atoms with E-state index < -0.39 is 39.2 Å². The van der Waals surface area contributed by atoms with E-state index in [9.17, 15) is 26.4 Å². The van der Waals surface area contributed by atoms with Crippen molar-refractivity contribution < 1.29 is 31.1 Å². The number of sulfonamides is 1. The molecule has 0 bridgehead atoms. The third-order valence-corrected chi connectivity index (χ3v) is 6.03. The molecule has 0 atom stereocenters. The number of hydrogen-bond donors (Lipinski definition) is 0. The van der Waals surface area contributed by atoms with Gasteiger partial charge in [-0.25, -0.2) is 13.2 Å². The molecule has 0 aliphatic carbocycles. The summed E-state index contributed by atoms with van der Waals surface area (Å²) in [7, 11) is -4.50. The van der Waals surface area contributed by atoms with Crippen molar-refractivity contribution in [1.29, 1.82) is 5.26 Å². The van der Waals surface area contributed by atoms with E-state index in [1.165, 1.54) is 18.2 Å². The van der Waals surface area contributed by atoms with Crippen molar-refractivity contribution in [2.45, 2.75) is 11.1 Å². The smallest absolute Gasteiger partial charge is 0.416 e. The minimum absolute atomic E-state index is 0.198. The van der Waals surface area contributed by atoms with Crippen LogP contribution < -0.4 is 4.31 Å². The van der Waals surface area contributed by atoms with E-state index in [-0.39, 0.29) is 22.8 Å². The van der Waals surface area contributed by atoms with Gasteiger partial charge >= 0.3 is 12.1 Å². The fourth-order valence-corrected chi connectivity index (χ4v) is 4.36. The van der Waals surface area contributed by atoms with Gasteiger partial charge in [-0.1, -0.05) is 23.7 Å². The molecule has 2 rings (SSSR count). The number of rotatable bonds is 7. The average molecular weight is 459 g/mol. The zero-order chi connectivity index (χ0) is 22.5. The van der Waals surface area contributed by atoms with Gasteiger partial charge in [-0.05, 0) is 36.4 Å². The van der Waals surface area contributed by atoms with Gasteiger partial charge in [0.05, 0.1) is 28.4 Å². The molecule has 0 fully saturated rings. The molecule has 0 aliphatic heterocycles. The molecule has 0 unspecified atom stereocenters. The van der Waals surface area contributed by atoms with Crippen LogP contribution in [-0.4, -0.2) is 27.5 Å². The van der Waals surface area contributed by atoms with Crippen LogP contribution in [0, 0.1) is 11.3 Å². The molecule has 0 radical (unpaired) electrons. The van der Waals surface area contributed by atoms with Crippen LogP contribution >= 0.6 is 11.6 Å². The number of benzene rings is 2. The van der Waals surface area contributed by atoms with E-state index >= 15 is 0 Å². The summed E-state index contributed by atoms with van der Waals surface area (Å²) in [5.74, 6) is -0.959. The molecule has 0 aromatic heterocycles. The molecular weight excluding hydrogens is 445 g/mol.